The van der Waals surface area contributed by atoms with Crippen LogP contribution in [0.2, 0.25) is 0 Å². The molecule has 2 rings (SSSR count). The number of aryl methyl sites for hydroxylation is 2. The van der Waals surface area contributed by atoms with Gasteiger partial charge in [0.2, 0.25) is 0 Å². The van der Waals surface area contributed by atoms with Gasteiger partial charge in [-0.1, -0.05) is 42.0 Å². The number of carbonyl (C=O) groups is 1. The van der Waals surface area contributed by atoms with Crippen molar-refractivity contribution in [1.29, 1.82) is 0 Å². The van der Waals surface area contributed by atoms with Gasteiger partial charge in [-0.25, -0.2) is 0 Å². The van der Waals surface area contributed by atoms with E-state index >= 15 is 0 Å². The summed E-state index contributed by atoms with van der Waals surface area (Å²) in [5.41, 5.74) is 2.91. The number of ketones is 1. The summed E-state index contributed by atoms with van der Waals surface area (Å²) < 4.78 is 11.0. The van der Waals surface area contributed by atoms with E-state index in [9.17, 15) is 4.79 Å². The van der Waals surface area contributed by atoms with Crippen LogP contribution in [-0.2, 0) is 6.42 Å². The van der Waals surface area contributed by atoms with E-state index < -0.39 is 0 Å². The average Bonchev–Trinajstić information content (AvgIpc) is 2.54. The molecule has 0 radical (unpaired) electrons. The molecule has 0 bridgehead atoms. The third kappa shape index (κ3) is 3.88. The van der Waals surface area contributed by atoms with Crippen molar-refractivity contribution in [3.63, 3.8) is 0 Å². The Kier molecular flexibility index (Phi) is 5.59. The Morgan fingerprint density at radius 2 is 1.82 bits per heavy atom. The number of carbonyl (C=O) groups excluding carboxylic acids is 1. The van der Waals surface area contributed by atoms with Gasteiger partial charge in [0.05, 0.1) is 13.7 Å². The zero-order valence-corrected chi connectivity index (χ0v) is 13.4. The summed E-state index contributed by atoms with van der Waals surface area (Å²) in [5.74, 6) is 1.59. The smallest absolute Gasteiger partial charge is 0.164 e. The van der Waals surface area contributed by atoms with Crippen LogP contribution in [0.3, 0.4) is 0 Å². The summed E-state index contributed by atoms with van der Waals surface area (Å²) in [6, 6.07) is 13.5. The minimum atomic E-state index is 0.144. The van der Waals surface area contributed by atoms with Crippen LogP contribution < -0.4 is 9.47 Å². The van der Waals surface area contributed by atoms with Crippen molar-refractivity contribution < 1.29 is 14.3 Å². The first-order valence-corrected chi connectivity index (χ1v) is 7.54. The van der Waals surface area contributed by atoms with Gasteiger partial charge in [-0.05, 0) is 31.9 Å². The second-order valence-electron chi connectivity index (χ2n) is 5.17. The van der Waals surface area contributed by atoms with Crippen molar-refractivity contribution in [2.45, 2.75) is 26.7 Å². The number of benzene rings is 2. The summed E-state index contributed by atoms with van der Waals surface area (Å²) in [6.07, 6.45) is 1.09. The summed E-state index contributed by atoms with van der Waals surface area (Å²) in [4.78, 5) is 12.3. The van der Waals surface area contributed by atoms with Crippen LogP contribution >= 0.6 is 0 Å². The molecule has 0 saturated carbocycles. The van der Waals surface area contributed by atoms with Gasteiger partial charge in [0.25, 0.3) is 0 Å². The summed E-state index contributed by atoms with van der Waals surface area (Å²) in [5, 5.41) is 0. The Labute approximate surface area is 131 Å². The van der Waals surface area contributed by atoms with E-state index in [2.05, 4.69) is 0 Å². The summed E-state index contributed by atoms with van der Waals surface area (Å²) in [7, 11) is 1.62. The fourth-order valence-corrected chi connectivity index (χ4v) is 2.36. The van der Waals surface area contributed by atoms with Crippen LogP contribution in [0.1, 0.15) is 34.8 Å². The van der Waals surface area contributed by atoms with Gasteiger partial charge >= 0.3 is 0 Å². The number of methoxy groups -OCH3 is 1. The molecule has 0 aliphatic rings. The molecule has 2 aromatic rings. The van der Waals surface area contributed by atoms with Crippen molar-refractivity contribution in [2.24, 2.45) is 0 Å². The molecule has 0 spiro atoms. The summed E-state index contributed by atoms with van der Waals surface area (Å²) in [6.45, 7) is 4.52. The molecule has 0 fully saturated rings. The predicted octanol–water partition coefficient (Wildman–Crippen LogP) is 4.22. The highest BCUT2D eigenvalue weighted by Gasteiger charge is 2.12. The minimum absolute atomic E-state index is 0.144. The lowest BCUT2D eigenvalue weighted by atomic mass is 10.0. The second kappa shape index (κ2) is 7.64. The van der Waals surface area contributed by atoms with Gasteiger partial charge < -0.3 is 9.47 Å². The zero-order valence-electron chi connectivity index (χ0n) is 13.4. The lowest BCUT2D eigenvalue weighted by Gasteiger charge is -2.13. The maximum absolute atomic E-state index is 12.3. The molecule has 0 heterocycles. The molecule has 3 nitrogen and oxygen atoms in total. The maximum atomic E-state index is 12.3. The van der Waals surface area contributed by atoms with Crippen LogP contribution in [0, 0.1) is 6.92 Å². The average molecular weight is 298 g/mol. The molecule has 0 unspecified atom stereocenters. The van der Waals surface area contributed by atoms with Crippen LogP contribution in [0.15, 0.2) is 42.5 Å². The fraction of sp³-hybridized carbons (Fsp3) is 0.316. The van der Waals surface area contributed by atoms with Crippen molar-refractivity contribution >= 4 is 5.78 Å². The van der Waals surface area contributed by atoms with Crippen LogP contribution in [0.4, 0.5) is 0 Å². The standard InChI is InChI=1S/C19H22O3/c1-4-22-19-16(6-5-7-18(19)21-3)12-13-17(20)15-10-8-14(2)9-11-15/h5-11H,4,12-13H2,1-3H3. The van der Waals surface area contributed by atoms with Crippen molar-refractivity contribution in [3.05, 3.63) is 59.2 Å². The SMILES string of the molecule is CCOc1c(CCC(=O)c2ccc(C)cc2)cccc1OC. The number of hydrogen-bond acceptors (Lipinski definition) is 3. The highest BCUT2D eigenvalue weighted by Crippen LogP contribution is 2.32. The van der Waals surface area contributed by atoms with E-state index in [0.29, 0.717) is 25.2 Å². The van der Waals surface area contributed by atoms with E-state index in [4.69, 9.17) is 9.47 Å². The van der Waals surface area contributed by atoms with Gasteiger partial charge in [-0.2, -0.15) is 0 Å². The number of Topliss-reactive ketones (excluding diaryl/α,β-unsaturated/α-hetero) is 1. The Hall–Kier alpha value is -2.29. The minimum Gasteiger partial charge on any atom is -0.493 e. The topological polar surface area (TPSA) is 35.5 Å². The van der Waals surface area contributed by atoms with Crippen LogP contribution in [-0.4, -0.2) is 19.5 Å². The molecule has 3 heteroatoms. The van der Waals surface area contributed by atoms with E-state index in [1.54, 1.807) is 7.11 Å². The number of hydrogen-bond donors (Lipinski definition) is 0. The van der Waals surface area contributed by atoms with E-state index in [-0.39, 0.29) is 5.78 Å². The first-order valence-electron chi connectivity index (χ1n) is 7.54. The lowest BCUT2D eigenvalue weighted by molar-refractivity contribution is 0.0982. The molecule has 0 aliphatic carbocycles. The normalized spacial score (nSPS) is 10.3. The van der Waals surface area contributed by atoms with Crippen molar-refractivity contribution in [1.82, 2.24) is 0 Å². The predicted molar refractivity (Wildman–Crippen MR) is 88.0 cm³/mol. The third-order valence-corrected chi connectivity index (χ3v) is 3.56. The molecule has 0 N–H and O–H groups in total. The molecule has 0 amide bonds. The molecule has 0 saturated heterocycles. The van der Waals surface area contributed by atoms with Crippen molar-refractivity contribution in [2.75, 3.05) is 13.7 Å². The molecule has 116 valence electrons. The Bertz CT molecular complexity index is 630. The number of ether oxygens (including phenoxy) is 2. The first kappa shape index (κ1) is 16.1. The molecular weight excluding hydrogens is 276 g/mol. The summed E-state index contributed by atoms with van der Waals surface area (Å²) >= 11 is 0. The largest absolute Gasteiger partial charge is 0.493 e. The van der Waals surface area contributed by atoms with Gasteiger partial charge in [0, 0.05) is 12.0 Å². The fourth-order valence-electron chi connectivity index (χ4n) is 2.36. The van der Waals surface area contributed by atoms with E-state index in [0.717, 1.165) is 22.4 Å². The molecule has 0 aliphatic heterocycles. The molecule has 22 heavy (non-hydrogen) atoms. The van der Waals surface area contributed by atoms with Gasteiger partial charge in [-0.3, -0.25) is 4.79 Å². The highest BCUT2D eigenvalue weighted by atomic mass is 16.5. The third-order valence-electron chi connectivity index (χ3n) is 3.56. The van der Waals surface area contributed by atoms with Crippen LogP contribution in [0.5, 0.6) is 11.5 Å². The Balaban J connectivity index is 2.10. The zero-order chi connectivity index (χ0) is 15.9. The quantitative estimate of drug-likeness (QED) is 0.718. The van der Waals surface area contributed by atoms with E-state index in [1.165, 1.54) is 0 Å². The van der Waals surface area contributed by atoms with Crippen LogP contribution in [0.25, 0.3) is 0 Å². The molecular formula is C19H22O3. The monoisotopic (exact) mass is 298 g/mol. The Morgan fingerprint density at radius 1 is 1.09 bits per heavy atom. The van der Waals surface area contributed by atoms with Gasteiger partial charge in [0.1, 0.15) is 0 Å². The second-order valence-corrected chi connectivity index (χ2v) is 5.17. The molecule has 0 aromatic heterocycles. The highest BCUT2D eigenvalue weighted by molar-refractivity contribution is 5.96. The lowest BCUT2D eigenvalue weighted by Crippen LogP contribution is -2.04. The first-order chi connectivity index (χ1) is 10.7. The van der Waals surface area contributed by atoms with Gasteiger partial charge in [-0.15, -0.1) is 0 Å². The maximum Gasteiger partial charge on any atom is 0.164 e. The number of para-hydroxylation sites is 1. The molecule has 0 atom stereocenters. The Morgan fingerprint density at radius 3 is 2.45 bits per heavy atom. The van der Waals surface area contributed by atoms with E-state index in [1.807, 2.05) is 56.3 Å². The number of rotatable bonds is 7. The molecule has 2 aromatic carbocycles. The van der Waals surface area contributed by atoms with Crippen molar-refractivity contribution in [3.8, 4) is 11.5 Å². The van der Waals surface area contributed by atoms with Gasteiger partial charge in [0.15, 0.2) is 17.3 Å².